The van der Waals surface area contributed by atoms with Crippen LogP contribution < -0.4 is 0 Å². The van der Waals surface area contributed by atoms with Crippen molar-refractivity contribution < 1.29 is 9.84 Å². The first kappa shape index (κ1) is 10.6. The standard InChI is InChI=1S/C9H15NO2S/c1-6-5-8(13-10-6)9(3,11)7(2)12-4/h5,7,11H,1-4H3. The van der Waals surface area contributed by atoms with E-state index in [2.05, 4.69) is 4.37 Å². The van der Waals surface area contributed by atoms with Crippen LogP contribution in [-0.4, -0.2) is 22.7 Å². The molecule has 13 heavy (non-hydrogen) atoms. The second-order valence-electron chi connectivity index (χ2n) is 3.36. The highest BCUT2D eigenvalue weighted by molar-refractivity contribution is 7.06. The lowest BCUT2D eigenvalue weighted by Gasteiger charge is -2.27. The van der Waals surface area contributed by atoms with Crippen molar-refractivity contribution in [3.63, 3.8) is 0 Å². The average Bonchev–Trinajstić information content (AvgIpc) is 2.50. The molecule has 0 bridgehead atoms. The third-order valence-electron chi connectivity index (χ3n) is 2.27. The normalized spacial score (nSPS) is 18.2. The summed E-state index contributed by atoms with van der Waals surface area (Å²) in [7, 11) is 1.59. The first-order valence-electron chi connectivity index (χ1n) is 4.17. The number of aryl methyl sites for hydroxylation is 1. The Kier molecular flexibility index (Phi) is 3.05. The number of methoxy groups -OCH3 is 1. The summed E-state index contributed by atoms with van der Waals surface area (Å²) in [6, 6.07) is 1.89. The molecule has 1 aromatic rings. The van der Waals surface area contributed by atoms with E-state index in [0.29, 0.717) is 0 Å². The maximum absolute atomic E-state index is 10.1. The number of aliphatic hydroxyl groups is 1. The first-order chi connectivity index (χ1) is 5.98. The topological polar surface area (TPSA) is 42.4 Å². The van der Waals surface area contributed by atoms with Gasteiger partial charge in [-0.3, -0.25) is 0 Å². The van der Waals surface area contributed by atoms with Crippen molar-refractivity contribution in [2.75, 3.05) is 7.11 Å². The molecule has 0 radical (unpaired) electrons. The highest BCUT2D eigenvalue weighted by Gasteiger charge is 2.32. The Bertz CT molecular complexity index is 283. The molecular weight excluding hydrogens is 186 g/mol. The number of aromatic nitrogens is 1. The van der Waals surface area contributed by atoms with Gasteiger partial charge in [0.15, 0.2) is 0 Å². The monoisotopic (exact) mass is 201 g/mol. The summed E-state index contributed by atoms with van der Waals surface area (Å²) in [6.45, 7) is 5.50. The van der Waals surface area contributed by atoms with Crippen molar-refractivity contribution >= 4 is 11.5 Å². The van der Waals surface area contributed by atoms with Crippen LogP contribution in [0.15, 0.2) is 6.07 Å². The van der Waals surface area contributed by atoms with Gasteiger partial charge in [0.1, 0.15) is 5.60 Å². The maximum atomic E-state index is 10.1. The van der Waals surface area contributed by atoms with Crippen LogP contribution in [-0.2, 0) is 10.3 Å². The SMILES string of the molecule is COC(C)C(C)(O)c1cc(C)ns1. The van der Waals surface area contributed by atoms with Gasteiger partial charge in [-0.05, 0) is 38.4 Å². The van der Waals surface area contributed by atoms with Crippen LogP contribution in [0.5, 0.6) is 0 Å². The number of hydrogen-bond donors (Lipinski definition) is 1. The highest BCUT2D eigenvalue weighted by atomic mass is 32.1. The molecule has 1 aromatic heterocycles. The Balaban J connectivity index is 2.92. The van der Waals surface area contributed by atoms with Gasteiger partial charge in [-0.1, -0.05) is 0 Å². The van der Waals surface area contributed by atoms with E-state index in [0.717, 1.165) is 10.6 Å². The molecule has 0 aliphatic heterocycles. The zero-order valence-electron chi connectivity index (χ0n) is 8.37. The lowest BCUT2D eigenvalue weighted by atomic mass is 9.98. The van der Waals surface area contributed by atoms with E-state index in [4.69, 9.17) is 4.74 Å². The molecule has 0 aromatic carbocycles. The molecule has 0 saturated carbocycles. The van der Waals surface area contributed by atoms with Gasteiger partial charge < -0.3 is 9.84 Å². The van der Waals surface area contributed by atoms with Crippen molar-refractivity contribution in [3.05, 3.63) is 16.6 Å². The summed E-state index contributed by atoms with van der Waals surface area (Å²) in [4.78, 5) is 0.847. The van der Waals surface area contributed by atoms with E-state index in [1.807, 2.05) is 19.9 Å². The predicted octanol–water partition coefficient (Wildman–Crippen LogP) is 1.69. The second kappa shape index (κ2) is 3.74. The van der Waals surface area contributed by atoms with Crippen molar-refractivity contribution in [1.29, 1.82) is 0 Å². The molecule has 74 valence electrons. The van der Waals surface area contributed by atoms with Gasteiger partial charge in [0.2, 0.25) is 0 Å². The summed E-state index contributed by atoms with van der Waals surface area (Å²) in [5.41, 5.74) is -0.00990. The number of ether oxygens (including phenoxy) is 1. The minimum absolute atomic E-state index is 0.229. The Morgan fingerprint density at radius 2 is 2.31 bits per heavy atom. The molecule has 0 fully saturated rings. The largest absolute Gasteiger partial charge is 0.382 e. The molecule has 0 spiro atoms. The van der Waals surface area contributed by atoms with E-state index < -0.39 is 5.60 Å². The van der Waals surface area contributed by atoms with Crippen LogP contribution in [0.1, 0.15) is 24.4 Å². The third kappa shape index (κ3) is 2.07. The van der Waals surface area contributed by atoms with E-state index in [9.17, 15) is 5.11 Å². The quantitative estimate of drug-likeness (QED) is 0.809. The van der Waals surface area contributed by atoms with Gasteiger partial charge in [-0.25, -0.2) is 0 Å². The predicted molar refractivity (Wildman–Crippen MR) is 52.9 cm³/mol. The molecule has 0 aliphatic carbocycles. The number of hydrogen-bond acceptors (Lipinski definition) is 4. The van der Waals surface area contributed by atoms with Crippen LogP contribution in [0.25, 0.3) is 0 Å². The summed E-state index contributed by atoms with van der Waals surface area (Å²) >= 11 is 1.32. The summed E-state index contributed by atoms with van der Waals surface area (Å²) in [6.07, 6.45) is -0.229. The van der Waals surface area contributed by atoms with Crippen LogP contribution in [0.3, 0.4) is 0 Å². The minimum Gasteiger partial charge on any atom is -0.382 e. The lowest BCUT2D eigenvalue weighted by Crippen LogP contribution is -2.34. The Labute approximate surface area is 82.5 Å². The van der Waals surface area contributed by atoms with Crippen molar-refractivity contribution in [2.45, 2.75) is 32.5 Å². The molecule has 3 nitrogen and oxygen atoms in total. The zero-order valence-corrected chi connectivity index (χ0v) is 9.18. The zero-order chi connectivity index (χ0) is 10.1. The van der Waals surface area contributed by atoms with E-state index in [1.165, 1.54) is 11.5 Å². The van der Waals surface area contributed by atoms with Crippen LogP contribution in [0.2, 0.25) is 0 Å². The molecule has 4 heteroatoms. The van der Waals surface area contributed by atoms with E-state index in [1.54, 1.807) is 14.0 Å². The molecule has 0 amide bonds. The average molecular weight is 201 g/mol. The van der Waals surface area contributed by atoms with Gasteiger partial charge in [0, 0.05) is 7.11 Å². The minimum atomic E-state index is -0.944. The Hall–Kier alpha value is -0.450. The van der Waals surface area contributed by atoms with Crippen molar-refractivity contribution in [2.24, 2.45) is 0 Å². The molecule has 0 saturated heterocycles. The molecule has 1 N–H and O–H groups in total. The molecule has 2 unspecified atom stereocenters. The van der Waals surface area contributed by atoms with Gasteiger partial charge in [-0.2, -0.15) is 4.37 Å². The van der Waals surface area contributed by atoms with Gasteiger partial charge >= 0.3 is 0 Å². The highest BCUT2D eigenvalue weighted by Crippen LogP contribution is 2.29. The van der Waals surface area contributed by atoms with Gasteiger partial charge in [0.05, 0.1) is 16.7 Å². The fourth-order valence-corrected chi connectivity index (χ4v) is 1.90. The third-order valence-corrected chi connectivity index (χ3v) is 3.38. The fourth-order valence-electron chi connectivity index (χ4n) is 1.03. The number of nitrogens with zero attached hydrogens (tertiary/aromatic N) is 1. The second-order valence-corrected chi connectivity index (χ2v) is 4.16. The molecule has 1 rings (SSSR count). The Morgan fingerprint density at radius 1 is 1.69 bits per heavy atom. The molecule has 2 atom stereocenters. The van der Waals surface area contributed by atoms with Crippen LogP contribution >= 0.6 is 11.5 Å². The van der Waals surface area contributed by atoms with Crippen LogP contribution in [0.4, 0.5) is 0 Å². The van der Waals surface area contributed by atoms with Gasteiger partial charge in [-0.15, -0.1) is 0 Å². The molecular formula is C9H15NO2S. The first-order valence-corrected chi connectivity index (χ1v) is 4.94. The Morgan fingerprint density at radius 3 is 2.69 bits per heavy atom. The summed E-state index contributed by atoms with van der Waals surface area (Å²) < 4.78 is 9.23. The summed E-state index contributed by atoms with van der Waals surface area (Å²) in [5, 5.41) is 10.1. The molecule has 0 aliphatic rings. The number of rotatable bonds is 3. The fraction of sp³-hybridized carbons (Fsp3) is 0.667. The summed E-state index contributed by atoms with van der Waals surface area (Å²) in [5.74, 6) is 0. The van der Waals surface area contributed by atoms with Crippen molar-refractivity contribution in [3.8, 4) is 0 Å². The molecule has 1 heterocycles. The lowest BCUT2D eigenvalue weighted by molar-refractivity contribution is -0.0748. The van der Waals surface area contributed by atoms with E-state index >= 15 is 0 Å². The van der Waals surface area contributed by atoms with Crippen molar-refractivity contribution in [1.82, 2.24) is 4.37 Å². The van der Waals surface area contributed by atoms with Gasteiger partial charge in [0.25, 0.3) is 0 Å². The van der Waals surface area contributed by atoms with E-state index in [-0.39, 0.29) is 6.10 Å². The smallest absolute Gasteiger partial charge is 0.123 e. The maximum Gasteiger partial charge on any atom is 0.123 e. The van der Waals surface area contributed by atoms with Crippen LogP contribution in [0, 0.1) is 6.92 Å².